The van der Waals surface area contributed by atoms with Crippen LogP contribution in [0.5, 0.6) is 0 Å². The van der Waals surface area contributed by atoms with Crippen LogP contribution in [0.4, 0.5) is 11.4 Å². The van der Waals surface area contributed by atoms with Crippen molar-refractivity contribution in [2.24, 2.45) is 23.7 Å². The number of fused-ring (bicyclic) bond motifs is 5. The molecule has 1 heterocycles. The summed E-state index contributed by atoms with van der Waals surface area (Å²) >= 11 is 3.40. The number of hydrogen-bond donors (Lipinski definition) is 1. The van der Waals surface area contributed by atoms with E-state index in [2.05, 4.69) is 21.2 Å². The van der Waals surface area contributed by atoms with Gasteiger partial charge in [-0.25, -0.2) is 4.79 Å². The van der Waals surface area contributed by atoms with Gasteiger partial charge in [-0.1, -0.05) is 22.0 Å². The predicted molar refractivity (Wildman–Crippen MR) is 125 cm³/mol. The molecule has 3 amide bonds. The quantitative estimate of drug-likeness (QED) is 0.483. The van der Waals surface area contributed by atoms with E-state index in [1.807, 2.05) is 13.0 Å². The van der Waals surface area contributed by atoms with Crippen molar-refractivity contribution in [1.82, 2.24) is 0 Å². The average Bonchev–Trinajstić information content (AvgIpc) is 3.48. The number of anilines is 2. The monoisotopic (exact) mass is 510 g/mol. The Morgan fingerprint density at radius 2 is 1.76 bits per heavy atom. The maximum absolute atomic E-state index is 13.0. The first-order chi connectivity index (χ1) is 15.8. The van der Waals surface area contributed by atoms with E-state index in [1.54, 1.807) is 24.3 Å². The van der Waals surface area contributed by atoms with E-state index in [4.69, 9.17) is 4.74 Å². The second kappa shape index (κ2) is 8.41. The lowest BCUT2D eigenvalue weighted by molar-refractivity contribution is -0.123. The molecular weight excluding hydrogens is 488 g/mol. The molecule has 0 aromatic heterocycles. The molecule has 2 bridgehead atoms. The fourth-order valence-electron chi connectivity index (χ4n) is 5.57. The number of halogens is 1. The number of benzene rings is 2. The van der Waals surface area contributed by atoms with Gasteiger partial charge in [-0.15, -0.1) is 0 Å². The van der Waals surface area contributed by atoms with Gasteiger partial charge < -0.3 is 10.1 Å². The number of ether oxygens (including phenoxy) is 1. The molecule has 7 nitrogen and oxygen atoms in total. The largest absolute Gasteiger partial charge is 0.452 e. The molecule has 4 atom stereocenters. The molecule has 0 unspecified atom stereocenters. The number of carbonyl (C=O) groups excluding carboxylic acids is 4. The van der Waals surface area contributed by atoms with Crippen LogP contribution in [0.25, 0.3) is 0 Å². The molecule has 1 saturated heterocycles. The van der Waals surface area contributed by atoms with Crippen molar-refractivity contribution in [2.75, 3.05) is 16.8 Å². The zero-order valence-electron chi connectivity index (χ0n) is 18.0. The standard InChI is InChI=1S/C25H23BrN2O5/c1-13-9-17(7-8-19(13)26)27-20(29)12-33-25(32)16-3-2-4-18(11-16)28-23(30)21-14-5-6-15(10-14)22(21)24(28)31/h2-4,7-9,11,14-15,21-22H,5-6,10,12H2,1H3,(H,27,29)/t14-,15-,21-,22+/m0/s1. The molecule has 170 valence electrons. The summed E-state index contributed by atoms with van der Waals surface area (Å²) in [5, 5.41) is 2.69. The fourth-order valence-corrected chi connectivity index (χ4v) is 5.82. The van der Waals surface area contributed by atoms with E-state index in [9.17, 15) is 19.2 Å². The Balaban J connectivity index is 1.24. The summed E-state index contributed by atoms with van der Waals surface area (Å²) < 4.78 is 6.09. The fraction of sp³-hybridized carbons (Fsp3) is 0.360. The van der Waals surface area contributed by atoms with Gasteiger partial charge in [-0.2, -0.15) is 0 Å². The third kappa shape index (κ3) is 3.86. The Morgan fingerprint density at radius 1 is 1.06 bits per heavy atom. The molecule has 8 heteroatoms. The van der Waals surface area contributed by atoms with Crippen LogP contribution in [0.2, 0.25) is 0 Å². The Hall–Kier alpha value is -3.00. The number of hydrogen-bond acceptors (Lipinski definition) is 5. The molecule has 2 saturated carbocycles. The van der Waals surface area contributed by atoms with Crippen LogP contribution >= 0.6 is 15.9 Å². The number of aryl methyl sites for hydroxylation is 1. The lowest BCUT2D eigenvalue weighted by Crippen LogP contribution is -2.32. The van der Waals surface area contributed by atoms with Gasteiger partial charge in [0, 0.05) is 10.2 Å². The SMILES string of the molecule is Cc1cc(NC(=O)COC(=O)c2cccc(N3C(=O)[C@@H]4[C@H]5CC[C@@H](C5)[C@@H]4C3=O)c2)ccc1Br. The number of imide groups is 1. The van der Waals surface area contributed by atoms with Gasteiger partial charge in [-0.3, -0.25) is 19.3 Å². The molecule has 1 aliphatic heterocycles. The first kappa shape index (κ1) is 21.8. The zero-order valence-corrected chi connectivity index (χ0v) is 19.6. The minimum Gasteiger partial charge on any atom is -0.452 e. The highest BCUT2D eigenvalue weighted by molar-refractivity contribution is 9.10. The minimum absolute atomic E-state index is 0.160. The molecule has 1 N–H and O–H groups in total. The Bertz CT molecular complexity index is 1150. The molecular formula is C25H23BrN2O5. The van der Waals surface area contributed by atoms with Gasteiger partial charge in [0.15, 0.2) is 6.61 Å². The van der Waals surface area contributed by atoms with Gasteiger partial charge in [0.25, 0.3) is 5.91 Å². The molecule has 0 spiro atoms. The highest BCUT2D eigenvalue weighted by Crippen LogP contribution is 2.56. The molecule has 5 rings (SSSR count). The third-order valence-corrected chi connectivity index (χ3v) is 7.93. The molecule has 3 aliphatic rings. The summed E-state index contributed by atoms with van der Waals surface area (Å²) in [5.41, 5.74) is 2.12. The van der Waals surface area contributed by atoms with Crippen LogP contribution in [0.1, 0.15) is 35.2 Å². The van der Waals surface area contributed by atoms with Gasteiger partial charge >= 0.3 is 5.97 Å². The number of carbonyl (C=O) groups is 4. The molecule has 0 radical (unpaired) electrons. The van der Waals surface area contributed by atoms with Crippen molar-refractivity contribution in [3.8, 4) is 0 Å². The zero-order chi connectivity index (χ0) is 23.3. The van der Waals surface area contributed by atoms with Crippen molar-refractivity contribution >= 4 is 51.0 Å². The molecule has 3 fully saturated rings. The van der Waals surface area contributed by atoms with Crippen LogP contribution < -0.4 is 10.2 Å². The van der Waals surface area contributed by atoms with Gasteiger partial charge in [-0.05, 0) is 80.0 Å². The summed E-state index contributed by atoms with van der Waals surface area (Å²) in [5.74, 6) is -1.34. The van der Waals surface area contributed by atoms with Crippen molar-refractivity contribution in [1.29, 1.82) is 0 Å². The first-order valence-corrected chi connectivity index (χ1v) is 11.8. The van der Waals surface area contributed by atoms with Gasteiger partial charge in [0.05, 0.1) is 23.1 Å². The van der Waals surface area contributed by atoms with Crippen molar-refractivity contribution < 1.29 is 23.9 Å². The highest BCUT2D eigenvalue weighted by Gasteiger charge is 2.61. The number of rotatable bonds is 5. The van der Waals surface area contributed by atoms with Gasteiger partial charge in [0.1, 0.15) is 0 Å². The van der Waals surface area contributed by atoms with Crippen molar-refractivity contribution in [3.05, 3.63) is 58.1 Å². The topological polar surface area (TPSA) is 92.8 Å². The summed E-state index contributed by atoms with van der Waals surface area (Å²) in [6.45, 7) is 1.45. The molecule has 2 aliphatic carbocycles. The van der Waals surface area contributed by atoms with Crippen molar-refractivity contribution in [2.45, 2.75) is 26.2 Å². The minimum atomic E-state index is -0.696. The van der Waals surface area contributed by atoms with E-state index < -0.39 is 18.5 Å². The number of amides is 3. The summed E-state index contributed by atoms with van der Waals surface area (Å²) in [4.78, 5) is 52.0. The summed E-state index contributed by atoms with van der Waals surface area (Å²) in [6.07, 6.45) is 2.98. The number of nitrogens with zero attached hydrogens (tertiary/aromatic N) is 1. The van der Waals surface area contributed by atoms with E-state index in [1.165, 1.54) is 17.0 Å². The Morgan fingerprint density at radius 3 is 2.42 bits per heavy atom. The number of nitrogens with one attached hydrogen (secondary N) is 1. The lowest BCUT2D eigenvalue weighted by Gasteiger charge is -2.19. The highest BCUT2D eigenvalue weighted by atomic mass is 79.9. The van der Waals surface area contributed by atoms with E-state index in [0.29, 0.717) is 23.2 Å². The first-order valence-electron chi connectivity index (χ1n) is 11.0. The van der Waals surface area contributed by atoms with Crippen LogP contribution in [0, 0.1) is 30.6 Å². The molecule has 2 aromatic carbocycles. The number of esters is 1. The predicted octanol–water partition coefficient (Wildman–Crippen LogP) is 4.09. The van der Waals surface area contributed by atoms with Crippen LogP contribution in [0.3, 0.4) is 0 Å². The Labute approximate surface area is 199 Å². The Kier molecular flexibility index (Phi) is 5.56. The second-order valence-corrected chi connectivity index (χ2v) is 9.89. The average molecular weight is 511 g/mol. The maximum atomic E-state index is 13.0. The molecule has 33 heavy (non-hydrogen) atoms. The van der Waals surface area contributed by atoms with E-state index >= 15 is 0 Å². The summed E-state index contributed by atoms with van der Waals surface area (Å²) in [6, 6.07) is 11.7. The summed E-state index contributed by atoms with van der Waals surface area (Å²) in [7, 11) is 0. The second-order valence-electron chi connectivity index (χ2n) is 9.04. The molecule has 2 aromatic rings. The van der Waals surface area contributed by atoms with Crippen LogP contribution in [-0.4, -0.2) is 30.3 Å². The van der Waals surface area contributed by atoms with Crippen molar-refractivity contribution in [3.63, 3.8) is 0 Å². The van der Waals surface area contributed by atoms with Gasteiger partial charge in [0.2, 0.25) is 11.8 Å². The van der Waals surface area contributed by atoms with Crippen LogP contribution in [0.15, 0.2) is 46.9 Å². The van der Waals surface area contributed by atoms with E-state index in [0.717, 1.165) is 29.3 Å². The lowest BCUT2D eigenvalue weighted by atomic mass is 9.81. The van der Waals surface area contributed by atoms with Crippen LogP contribution in [-0.2, 0) is 19.1 Å². The van der Waals surface area contributed by atoms with E-state index in [-0.39, 0.29) is 29.2 Å². The normalized spacial score (nSPS) is 25.3. The third-order valence-electron chi connectivity index (χ3n) is 7.04. The maximum Gasteiger partial charge on any atom is 0.338 e. The smallest absolute Gasteiger partial charge is 0.338 e.